The number of benzene rings is 1. The summed E-state index contributed by atoms with van der Waals surface area (Å²) in [7, 11) is 0. The molecule has 3 heterocycles. The van der Waals surface area contributed by atoms with Gasteiger partial charge in [0.25, 0.3) is 0 Å². The van der Waals surface area contributed by atoms with Crippen molar-refractivity contribution in [2.75, 3.05) is 31.5 Å². The Kier molecular flexibility index (Phi) is 9.41. The van der Waals surface area contributed by atoms with E-state index < -0.39 is 24.2 Å². The number of nitrogens with one attached hydrogen (secondary N) is 1. The van der Waals surface area contributed by atoms with Crippen molar-refractivity contribution in [3.05, 3.63) is 42.2 Å². The van der Waals surface area contributed by atoms with Crippen molar-refractivity contribution in [2.24, 2.45) is 0 Å². The van der Waals surface area contributed by atoms with Gasteiger partial charge < -0.3 is 24.6 Å². The Balaban J connectivity index is 1.31. The SMILES string of the molecule is C[C@H](CC(F)(F)F)Nc1ncc2c(-c3ccc(CN4CCN(C(=O)OC(C)(C)C)CC4)cc3)cn(C3CCC(O)CC3)c2n1. The lowest BCUT2D eigenvalue weighted by molar-refractivity contribution is -0.136. The van der Waals surface area contributed by atoms with Crippen LogP contribution < -0.4 is 5.32 Å². The Morgan fingerprint density at radius 2 is 1.73 bits per heavy atom. The molecule has 1 aromatic carbocycles. The van der Waals surface area contributed by atoms with E-state index in [9.17, 15) is 23.1 Å². The van der Waals surface area contributed by atoms with E-state index in [0.717, 1.165) is 54.6 Å². The minimum atomic E-state index is -4.28. The molecule has 0 spiro atoms. The second kappa shape index (κ2) is 12.9. The minimum Gasteiger partial charge on any atom is -0.444 e. The number of aliphatic hydroxyl groups excluding tert-OH is 1. The van der Waals surface area contributed by atoms with Crippen LogP contribution in [0.4, 0.5) is 23.9 Å². The van der Waals surface area contributed by atoms with Gasteiger partial charge in [-0.2, -0.15) is 18.2 Å². The summed E-state index contributed by atoms with van der Waals surface area (Å²) in [6.07, 6.45) is 0.882. The van der Waals surface area contributed by atoms with Crippen molar-refractivity contribution in [1.29, 1.82) is 0 Å². The molecule has 0 unspecified atom stereocenters. The highest BCUT2D eigenvalue weighted by atomic mass is 19.4. The van der Waals surface area contributed by atoms with E-state index in [4.69, 9.17) is 4.74 Å². The smallest absolute Gasteiger partial charge is 0.410 e. The van der Waals surface area contributed by atoms with Gasteiger partial charge in [0.05, 0.1) is 12.5 Å². The van der Waals surface area contributed by atoms with E-state index in [2.05, 4.69) is 55.2 Å². The maximum Gasteiger partial charge on any atom is 0.410 e. The predicted molar refractivity (Wildman–Crippen MR) is 163 cm³/mol. The van der Waals surface area contributed by atoms with Gasteiger partial charge in [-0.05, 0) is 64.5 Å². The first-order valence-electron chi connectivity index (χ1n) is 15.4. The van der Waals surface area contributed by atoms with Crippen molar-refractivity contribution in [1.82, 2.24) is 24.3 Å². The van der Waals surface area contributed by atoms with Crippen LogP contribution in [0.5, 0.6) is 0 Å². The van der Waals surface area contributed by atoms with Crippen LogP contribution in [0.25, 0.3) is 22.2 Å². The topological polar surface area (TPSA) is 95.8 Å². The van der Waals surface area contributed by atoms with Gasteiger partial charge in [0.1, 0.15) is 11.2 Å². The average Bonchev–Trinajstić information content (AvgIpc) is 3.31. The Labute approximate surface area is 256 Å². The number of hydrogen-bond acceptors (Lipinski definition) is 7. The lowest BCUT2D eigenvalue weighted by Crippen LogP contribution is -2.49. The van der Waals surface area contributed by atoms with Gasteiger partial charge in [0.15, 0.2) is 0 Å². The van der Waals surface area contributed by atoms with Crippen LogP contribution in [0.15, 0.2) is 36.7 Å². The number of anilines is 1. The third kappa shape index (κ3) is 8.20. The quantitative estimate of drug-likeness (QED) is 0.318. The molecule has 0 radical (unpaired) electrons. The Bertz CT molecular complexity index is 1420. The number of piperazine rings is 1. The second-order valence-electron chi connectivity index (χ2n) is 13.1. The summed E-state index contributed by atoms with van der Waals surface area (Å²) in [5.74, 6) is 0.165. The molecule has 5 rings (SSSR count). The molecule has 2 N–H and O–H groups in total. The maximum absolute atomic E-state index is 12.9. The third-order valence-corrected chi connectivity index (χ3v) is 8.24. The van der Waals surface area contributed by atoms with Gasteiger partial charge in [0.2, 0.25) is 5.95 Å². The average molecular weight is 617 g/mol. The fourth-order valence-corrected chi connectivity index (χ4v) is 6.03. The first-order valence-corrected chi connectivity index (χ1v) is 15.4. The molecule has 1 aliphatic carbocycles. The van der Waals surface area contributed by atoms with E-state index >= 15 is 0 Å². The summed E-state index contributed by atoms with van der Waals surface area (Å²) in [5.41, 5.74) is 3.27. The van der Waals surface area contributed by atoms with Gasteiger partial charge in [0, 0.05) is 68.2 Å². The summed E-state index contributed by atoms with van der Waals surface area (Å²) in [5, 5.41) is 13.7. The van der Waals surface area contributed by atoms with Crippen LogP contribution in [0.3, 0.4) is 0 Å². The molecule has 2 fully saturated rings. The van der Waals surface area contributed by atoms with E-state index in [0.29, 0.717) is 31.6 Å². The maximum atomic E-state index is 12.9. The number of amides is 1. The summed E-state index contributed by atoms with van der Waals surface area (Å²) in [4.78, 5) is 25.5. The van der Waals surface area contributed by atoms with Crippen molar-refractivity contribution in [3.8, 4) is 11.1 Å². The normalized spacial score (nSPS) is 21.0. The largest absolute Gasteiger partial charge is 0.444 e. The number of hydrogen-bond donors (Lipinski definition) is 2. The molecule has 9 nitrogen and oxygen atoms in total. The molecule has 2 aliphatic rings. The number of fused-ring (bicyclic) bond motifs is 1. The molecule has 1 amide bonds. The molecular formula is C32H43F3N6O3. The fraction of sp³-hybridized carbons (Fsp3) is 0.594. The Morgan fingerprint density at radius 3 is 2.34 bits per heavy atom. The predicted octanol–water partition coefficient (Wildman–Crippen LogP) is 6.38. The molecule has 1 saturated heterocycles. The van der Waals surface area contributed by atoms with Crippen molar-refractivity contribution in [2.45, 2.75) is 96.3 Å². The Morgan fingerprint density at radius 1 is 1.07 bits per heavy atom. The van der Waals surface area contributed by atoms with Gasteiger partial charge in [-0.3, -0.25) is 4.90 Å². The molecule has 240 valence electrons. The number of halogens is 3. The van der Waals surface area contributed by atoms with Crippen molar-refractivity contribution < 1.29 is 27.8 Å². The zero-order valence-electron chi connectivity index (χ0n) is 25.9. The standard InChI is InChI=1S/C32H43F3N6O3/c1-21(17-32(33,34)35)37-29-36-18-26-27(20-41(28(26)38-29)24-9-11-25(42)12-10-24)23-7-5-22(6-8-23)19-39-13-15-40(16-14-39)30(43)44-31(2,3)4/h5-8,18,20-21,24-25,42H,9-17,19H2,1-4H3,(H,36,37,38)/t21-,24?,25?/m1/s1. The summed E-state index contributed by atoms with van der Waals surface area (Å²) in [6.45, 7) is 10.6. The van der Waals surface area contributed by atoms with Gasteiger partial charge in [-0.25, -0.2) is 9.78 Å². The fourth-order valence-electron chi connectivity index (χ4n) is 6.03. The van der Waals surface area contributed by atoms with Gasteiger partial charge in [-0.1, -0.05) is 24.3 Å². The zero-order chi connectivity index (χ0) is 31.6. The van der Waals surface area contributed by atoms with Crippen LogP contribution in [-0.4, -0.2) is 85.6 Å². The summed E-state index contributed by atoms with van der Waals surface area (Å²) in [6, 6.07) is 7.62. The highest BCUT2D eigenvalue weighted by Gasteiger charge is 2.31. The van der Waals surface area contributed by atoms with Gasteiger partial charge in [-0.15, -0.1) is 0 Å². The summed E-state index contributed by atoms with van der Waals surface area (Å²) >= 11 is 0. The molecule has 1 atom stereocenters. The van der Waals surface area contributed by atoms with Crippen LogP contribution in [0.2, 0.25) is 0 Å². The monoisotopic (exact) mass is 616 g/mol. The van der Waals surface area contributed by atoms with Gasteiger partial charge >= 0.3 is 12.3 Å². The highest BCUT2D eigenvalue weighted by molar-refractivity contribution is 5.94. The molecule has 3 aromatic rings. The molecule has 44 heavy (non-hydrogen) atoms. The van der Waals surface area contributed by atoms with E-state index in [1.54, 1.807) is 11.1 Å². The number of carbonyl (C=O) groups is 1. The molecule has 1 aliphatic heterocycles. The van der Waals surface area contributed by atoms with Crippen LogP contribution in [-0.2, 0) is 11.3 Å². The molecule has 2 aromatic heterocycles. The molecule has 0 bridgehead atoms. The first kappa shape index (κ1) is 32.0. The number of alkyl halides is 3. The van der Waals surface area contributed by atoms with E-state index in [1.807, 2.05) is 20.8 Å². The number of aliphatic hydroxyl groups is 1. The second-order valence-corrected chi connectivity index (χ2v) is 13.1. The number of rotatable bonds is 7. The lowest BCUT2D eigenvalue weighted by Gasteiger charge is -2.35. The molecular weight excluding hydrogens is 573 g/mol. The Hall–Kier alpha value is -3.38. The van der Waals surface area contributed by atoms with Crippen LogP contribution >= 0.6 is 0 Å². The summed E-state index contributed by atoms with van der Waals surface area (Å²) < 4.78 is 46.4. The lowest BCUT2D eigenvalue weighted by atomic mass is 9.93. The number of ether oxygens (including phenoxy) is 1. The minimum absolute atomic E-state index is 0.128. The van der Waals surface area contributed by atoms with E-state index in [1.165, 1.54) is 6.92 Å². The van der Waals surface area contributed by atoms with E-state index in [-0.39, 0.29) is 24.2 Å². The number of nitrogens with zero attached hydrogens (tertiary/aromatic N) is 5. The molecule has 1 saturated carbocycles. The number of aromatic nitrogens is 3. The number of carbonyl (C=O) groups excluding carboxylic acids is 1. The van der Waals surface area contributed by atoms with Crippen molar-refractivity contribution in [3.63, 3.8) is 0 Å². The first-order chi connectivity index (χ1) is 20.7. The highest BCUT2D eigenvalue weighted by Crippen LogP contribution is 2.37. The van der Waals surface area contributed by atoms with Crippen LogP contribution in [0.1, 0.15) is 71.4 Å². The third-order valence-electron chi connectivity index (χ3n) is 8.24. The zero-order valence-corrected chi connectivity index (χ0v) is 25.9. The molecule has 12 heteroatoms. The van der Waals surface area contributed by atoms with Crippen molar-refractivity contribution >= 4 is 23.1 Å². The van der Waals surface area contributed by atoms with Crippen LogP contribution in [0, 0.1) is 0 Å².